The van der Waals surface area contributed by atoms with Crippen LogP contribution in [0.5, 0.6) is 5.75 Å². The van der Waals surface area contributed by atoms with Crippen LogP contribution in [0.4, 0.5) is 0 Å². The summed E-state index contributed by atoms with van der Waals surface area (Å²) >= 11 is 0. The Morgan fingerprint density at radius 2 is 1.95 bits per heavy atom. The second-order valence-corrected chi connectivity index (χ2v) is 4.97. The van der Waals surface area contributed by atoms with Gasteiger partial charge in [0.2, 0.25) is 0 Å². The summed E-state index contributed by atoms with van der Waals surface area (Å²) in [5.74, 6) is 0.769. The van der Waals surface area contributed by atoms with E-state index in [-0.39, 0.29) is 5.69 Å². The van der Waals surface area contributed by atoms with Crippen LogP contribution in [0.3, 0.4) is 0 Å². The second kappa shape index (κ2) is 6.88. The van der Waals surface area contributed by atoms with E-state index >= 15 is 0 Å². The van der Waals surface area contributed by atoms with Crippen LogP contribution < -0.4 is 4.74 Å². The molecule has 1 aromatic carbocycles. The molecule has 0 unspecified atom stereocenters. The van der Waals surface area contributed by atoms with Gasteiger partial charge in [-0.05, 0) is 37.1 Å². The molecule has 0 aliphatic rings. The lowest BCUT2D eigenvalue weighted by molar-refractivity contribution is 0.0520. The molecule has 0 saturated carbocycles. The van der Waals surface area contributed by atoms with Crippen LogP contribution in [-0.2, 0) is 4.74 Å². The van der Waals surface area contributed by atoms with Crippen LogP contribution in [0.1, 0.15) is 31.3 Å². The van der Waals surface area contributed by atoms with Crippen LogP contribution in [-0.4, -0.2) is 34.6 Å². The van der Waals surface area contributed by atoms with Gasteiger partial charge >= 0.3 is 5.97 Å². The molecular formula is C15H19N3O3. The summed E-state index contributed by atoms with van der Waals surface area (Å²) in [6, 6.07) is 7.38. The van der Waals surface area contributed by atoms with Gasteiger partial charge in [0.1, 0.15) is 11.4 Å². The zero-order chi connectivity index (χ0) is 15.2. The Kier molecular flexibility index (Phi) is 4.92. The highest BCUT2D eigenvalue weighted by molar-refractivity contribution is 5.93. The summed E-state index contributed by atoms with van der Waals surface area (Å²) in [4.78, 5) is 11.8. The lowest BCUT2D eigenvalue weighted by atomic mass is 10.1. The first-order valence-corrected chi connectivity index (χ1v) is 6.93. The first kappa shape index (κ1) is 15.0. The summed E-state index contributed by atoms with van der Waals surface area (Å²) in [6.07, 6.45) is 0. The molecule has 0 atom stereocenters. The normalized spacial score (nSPS) is 10.7. The number of hydrogen-bond acceptors (Lipinski definition) is 5. The highest BCUT2D eigenvalue weighted by atomic mass is 16.5. The standard InChI is InChI=1S/C15H19N3O3/c1-4-20-15(19)14-13(16-18-17-14)11-5-7-12(8-6-11)21-9-10(2)3/h5-8,10H,4,9H2,1-3H3,(H,16,17,18). The molecule has 1 aromatic heterocycles. The summed E-state index contributed by atoms with van der Waals surface area (Å²) < 4.78 is 10.6. The van der Waals surface area contributed by atoms with Crippen molar-refractivity contribution in [1.82, 2.24) is 15.4 Å². The van der Waals surface area contributed by atoms with Crippen molar-refractivity contribution in [3.05, 3.63) is 30.0 Å². The number of benzene rings is 1. The Hall–Kier alpha value is -2.37. The van der Waals surface area contributed by atoms with E-state index in [4.69, 9.17) is 9.47 Å². The highest BCUT2D eigenvalue weighted by Gasteiger charge is 2.18. The van der Waals surface area contributed by atoms with Gasteiger partial charge in [-0.3, -0.25) is 0 Å². The number of nitrogens with zero attached hydrogens (tertiary/aromatic N) is 2. The number of H-pyrrole nitrogens is 1. The Balaban J connectivity index is 2.16. The number of hydrogen-bond donors (Lipinski definition) is 1. The van der Waals surface area contributed by atoms with Crippen molar-refractivity contribution < 1.29 is 14.3 Å². The number of esters is 1. The summed E-state index contributed by atoms with van der Waals surface area (Å²) in [7, 11) is 0. The van der Waals surface area contributed by atoms with E-state index in [2.05, 4.69) is 29.3 Å². The number of aromatic amines is 1. The topological polar surface area (TPSA) is 77.1 Å². The second-order valence-electron chi connectivity index (χ2n) is 4.97. The molecule has 0 bridgehead atoms. The average molecular weight is 289 g/mol. The van der Waals surface area contributed by atoms with Crippen LogP contribution in [0.25, 0.3) is 11.3 Å². The van der Waals surface area contributed by atoms with Crippen molar-refractivity contribution in [2.75, 3.05) is 13.2 Å². The predicted octanol–water partition coefficient (Wildman–Crippen LogP) is 2.68. The van der Waals surface area contributed by atoms with Crippen LogP contribution in [0.15, 0.2) is 24.3 Å². The molecule has 2 rings (SSSR count). The SMILES string of the molecule is CCOC(=O)c1n[nH]nc1-c1ccc(OCC(C)C)cc1. The van der Waals surface area contributed by atoms with E-state index in [0.29, 0.717) is 24.8 Å². The smallest absolute Gasteiger partial charge is 0.361 e. The molecule has 0 radical (unpaired) electrons. The third-order valence-electron chi connectivity index (χ3n) is 2.73. The minimum absolute atomic E-state index is 0.188. The summed E-state index contributed by atoms with van der Waals surface area (Å²) in [5, 5.41) is 10.3. The van der Waals surface area contributed by atoms with Crippen molar-refractivity contribution in [3.63, 3.8) is 0 Å². The van der Waals surface area contributed by atoms with Gasteiger partial charge < -0.3 is 9.47 Å². The molecule has 0 spiro atoms. The summed E-state index contributed by atoms with van der Waals surface area (Å²) in [6.45, 7) is 6.90. The van der Waals surface area contributed by atoms with Crippen molar-refractivity contribution in [3.8, 4) is 17.0 Å². The van der Waals surface area contributed by atoms with Crippen LogP contribution in [0.2, 0.25) is 0 Å². The van der Waals surface area contributed by atoms with Gasteiger partial charge in [-0.1, -0.05) is 13.8 Å². The number of ether oxygens (including phenoxy) is 2. The molecule has 21 heavy (non-hydrogen) atoms. The molecule has 0 saturated heterocycles. The first-order valence-electron chi connectivity index (χ1n) is 6.93. The monoisotopic (exact) mass is 289 g/mol. The van der Waals surface area contributed by atoms with Crippen LogP contribution >= 0.6 is 0 Å². The summed E-state index contributed by atoms with van der Waals surface area (Å²) in [5.41, 5.74) is 1.44. The van der Waals surface area contributed by atoms with Gasteiger partial charge in [-0.2, -0.15) is 10.3 Å². The Bertz CT molecular complexity index is 590. The van der Waals surface area contributed by atoms with Crippen LogP contribution in [0, 0.1) is 5.92 Å². The lowest BCUT2D eigenvalue weighted by Crippen LogP contribution is -2.07. The number of rotatable bonds is 6. The minimum Gasteiger partial charge on any atom is -0.493 e. The minimum atomic E-state index is -0.485. The van der Waals surface area contributed by atoms with Crippen molar-refractivity contribution in [2.45, 2.75) is 20.8 Å². The van der Waals surface area contributed by atoms with E-state index < -0.39 is 5.97 Å². The van der Waals surface area contributed by atoms with Gasteiger partial charge in [0, 0.05) is 5.56 Å². The molecule has 1 heterocycles. The zero-order valence-electron chi connectivity index (χ0n) is 12.4. The van der Waals surface area contributed by atoms with Crippen molar-refractivity contribution in [1.29, 1.82) is 0 Å². The van der Waals surface area contributed by atoms with Gasteiger partial charge in [0.05, 0.1) is 13.2 Å². The van der Waals surface area contributed by atoms with Gasteiger partial charge in [-0.15, -0.1) is 5.10 Å². The zero-order valence-corrected chi connectivity index (χ0v) is 12.4. The predicted molar refractivity (Wildman–Crippen MR) is 78.1 cm³/mol. The largest absolute Gasteiger partial charge is 0.493 e. The number of carbonyl (C=O) groups is 1. The lowest BCUT2D eigenvalue weighted by Gasteiger charge is -2.08. The molecular weight excluding hydrogens is 270 g/mol. The van der Waals surface area contributed by atoms with E-state index in [1.165, 1.54) is 0 Å². The molecule has 6 nitrogen and oxygen atoms in total. The maximum Gasteiger partial charge on any atom is 0.361 e. The molecule has 6 heteroatoms. The van der Waals surface area contributed by atoms with Crippen molar-refractivity contribution >= 4 is 5.97 Å². The first-order chi connectivity index (χ1) is 10.1. The van der Waals surface area contributed by atoms with E-state index in [1.54, 1.807) is 6.92 Å². The molecule has 1 N–H and O–H groups in total. The fourth-order valence-corrected chi connectivity index (χ4v) is 1.75. The third kappa shape index (κ3) is 3.81. The van der Waals surface area contributed by atoms with Crippen molar-refractivity contribution in [2.24, 2.45) is 5.92 Å². The maximum atomic E-state index is 11.8. The Morgan fingerprint density at radius 1 is 1.24 bits per heavy atom. The van der Waals surface area contributed by atoms with E-state index in [1.807, 2.05) is 24.3 Å². The molecule has 0 aliphatic carbocycles. The van der Waals surface area contributed by atoms with Gasteiger partial charge in [-0.25, -0.2) is 4.79 Å². The van der Waals surface area contributed by atoms with Gasteiger partial charge in [0.15, 0.2) is 5.69 Å². The number of nitrogens with one attached hydrogen (secondary N) is 1. The Labute approximate surface area is 123 Å². The Morgan fingerprint density at radius 3 is 2.57 bits per heavy atom. The molecule has 2 aromatic rings. The molecule has 0 fully saturated rings. The van der Waals surface area contributed by atoms with E-state index in [0.717, 1.165) is 11.3 Å². The molecule has 112 valence electrons. The van der Waals surface area contributed by atoms with Gasteiger partial charge in [0.25, 0.3) is 0 Å². The quantitative estimate of drug-likeness (QED) is 0.827. The fraction of sp³-hybridized carbons (Fsp3) is 0.400. The third-order valence-corrected chi connectivity index (χ3v) is 2.73. The fourth-order valence-electron chi connectivity index (χ4n) is 1.75. The average Bonchev–Trinajstić information content (AvgIpc) is 2.95. The number of carbonyl (C=O) groups excluding carboxylic acids is 1. The molecule has 0 aliphatic heterocycles. The number of aromatic nitrogens is 3. The van der Waals surface area contributed by atoms with E-state index in [9.17, 15) is 4.79 Å². The highest BCUT2D eigenvalue weighted by Crippen LogP contribution is 2.23. The maximum absolute atomic E-state index is 11.8. The molecule has 0 amide bonds.